The molecule has 0 aliphatic heterocycles. The van der Waals surface area contributed by atoms with Crippen LogP contribution in [0.1, 0.15) is 16.7 Å². The molecule has 3 aromatic rings. The van der Waals surface area contributed by atoms with Crippen LogP contribution >= 0.6 is 0 Å². The molecule has 0 bridgehead atoms. The lowest BCUT2D eigenvalue weighted by Gasteiger charge is -2.03. The maximum absolute atomic E-state index is 12.0. The van der Waals surface area contributed by atoms with Crippen molar-refractivity contribution >= 4 is 11.6 Å². The molecule has 1 amide bonds. The largest absolute Gasteiger partial charge is 0.323 e. The van der Waals surface area contributed by atoms with Gasteiger partial charge in [-0.1, -0.05) is 60.2 Å². The van der Waals surface area contributed by atoms with Gasteiger partial charge in [0.25, 0.3) is 0 Å². The van der Waals surface area contributed by atoms with E-state index in [2.05, 4.69) is 41.6 Å². The highest BCUT2D eigenvalue weighted by molar-refractivity contribution is 5.91. The third kappa shape index (κ3) is 4.30. The molecule has 1 heterocycles. The molecule has 0 aliphatic rings. The van der Waals surface area contributed by atoms with Crippen LogP contribution in [-0.2, 0) is 17.8 Å². The average molecular weight is 305 g/mol. The van der Waals surface area contributed by atoms with Gasteiger partial charge in [0, 0.05) is 6.20 Å². The molecule has 1 aromatic heterocycles. The van der Waals surface area contributed by atoms with Crippen molar-refractivity contribution in [3.05, 3.63) is 83.7 Å². The van der Waals surface area contributed by atoms with E-state index in [1.54, 1.807) is 6.20 Å². The predicted octanol–water partition coefficient (Wildman–Crippen LogP) is 3.42. The van der Waals surface area contributed by atoms with Crippen LogP contribution in [0.25, 0.3) is 0 Å². The summed E-state index contributed by atoms with van der Waals surface area (Å²) in [7, 11) is 0. The van der Waals surface area contributed by atoms with Crippen LogP contribution in [0.5, 0.6) is 0 Å². The Morgan fingerprint density at radius 3 is 2.52 bits per heavy atom. The Morgan fingerprint density at radius 2 is 1.78 bits per heavy atom. The van der Waals surface area contributed by atoms with E-state index in [1.807, 2.05) is 41.2 Å². The van der Waals surface area contributed by atoms with E-state index in [1.165, 1.54) is 11.1 Å². The normalized spacial score (nSPS) is 10.5. The van der Waals surface area contributed by atoms with Crippen molar-refractivity contribution in [3.8, 4) is 0 Å². The second-order valence-electron chi connectivity index (χ2n) is 5.62. The molecule has 0 atom stereocenters. The molecule has 116 valence electrons. The van der Waals surface area contributed by atoms with Gasteiger partial charge in [-0.2, -0.15) is 5.10 Å². The Kier molecular flexibility index (Phi) is 4.52. The topological polar surface area (TPSA) is 46.9 Å². The van der Waals surface area contributed by atoms with E-state index < -0.39 is 0 Å². The van der Waals surface area contributed by atoms with Gasteiger partial charge in [0.05, 0.1) is 24.8 Å². The first-order valence-electron chi connectivity index (χ1n) is 7.61. The van der Waals surface area contributed by atoms with Gasteiger partial charge in [0.2, 0.25) is 5.91 Å². The lowest BCUT2D eigenvalue weighted by atomic mass is 10.1. The molecule has 0 fully saturated rings. The van der Waals surface area contributed by atoms with Gasteiger partial charge >= 0.3 is 0 Å². The zero-order valence-corrected chi connectivity index (χ0v) is 13.1. The number of hydrogen-bond acceptors (Lipinski definition) is 2. The van der Waals surface area contributed by atoms with Crippen molar-refractivity contribution < 1.29 is 4.79 Å². The molecule has 0 saturated heterocycles. The zero-order valence-electron chi connectivity index (χ0n) is 13.1. The molecule has 0 radical (unpaired) electrons. The van der Waals surface area contributed by atoms with Crippen molar-refractivity contribution in [2.45, 2.75) is 19.9 Å². The number of carbonyl (C=O) groups is 1. The highest BCUT2D eigenvalue weighted by Gasteiger charge is 2.06. The highest BCUT2D eigenvalue weighted by atomic mass is 16.1. The third-order valence-electron chi connectivity index (χ3n) is 3.59. The summed E-state index contributed by atoms with van der Waals surface area (Å²) in [5, 5.41) is 7.18. The number of aromatic nitrogens is 2. The Bertz CT molecular complexity index is 776. The minimum absolute atomic E-state index is 0.0360. The lowest BCUT2D eigenvalue weighted by molar-refractivity contribution is -0.115. The first-order chi connectivity index (χ1) is 11.2. The second kappa shape index (κ2) is 6.92. The number of amides is 1. The summed E-state index contributed by atoms with van der Waals surface area (Å²) in [6, 6.07) is 18.0. The van der Waals surface area contributed by atoms with Gasteiger partial charge in [0.1, 0.15) is 0 Å². The van der Waals surface area contributed by atoms with Crippen LogP contribution in [0.4, 0.5) is 5.69 Å². The number of benzene rings is 2. The Balaban J connectivity index is 1.58. The fourth-order valence-electron chi connectivity index (χ4n) is 2.38. The highest BCUT2D eigenvalue weighted by Crippen LogP contribution is 2.10. The van der Waals surface area contributed by atoms with E-state index >= 15 is 0 Å². The molecule has 1 N–H and O–H groups in total. The van der Waals surface area contributed by atoms with Gasteiger partial charge in [-0.3, -0.25) is 9.48 Å². The second-order valence-corrected chi connectivity index (χ2v) is 5.62. The summed E-state index contributed by atoms with van der Waals surface area (Å²) in [6.45, 7) is 2.76. The SMILES string of the molecule is Cc1ccc(Cn2cc(NC(=O)Cc3ccccc3)cn2)cc1. The molecular formula is C19H19N3O. The van der Waals surface area contributed by atoms with Crippen LogP contribution in [-0.4, -0.2) is 15.7 Å². The first-order valence-corrected chi connectivity index (χ1v) is 7.61. The summed E-state index contributed by atoms with van der Waals surface area (Å²) < 4.78 is 1.82. The van der Waals surface area contributed by atoms with Crippen molar-refractivity contribution in [3.63, 3.8) is 0 Å². The minimum Gasteiger partial charge on any atom is -0.323 e. The lowest BCUT2D eigenvalue weighted by Crippen LogP contribution is -2.13. The molecule has 0 unspecified atom stereocenters. The van der Waals surface area contributed by atoms with E-state index in [-0.39, 0.29) is 5.91 Å². The number of nitrogens with zero attached hydrogens (tertiary/aromatic N) is 2. The number of anilines is 1. The number of aryl methyl sites for hydroxylation is 1. The summed E-state index contributed by atoms with van der Waals surface area (Å²) >= 11 is 0. The van der Waals surface area contributed by atoms with Gasteiger partial charge in [-0.25, -0.2) is 0 Å². The molecule has 3 rings (SSSR count). The van der Waals surface area contributed by atoms with Gasteiger partial charge < -0.3 is 5.32 Å². The van der Waals surface area contributed by atoms with Crippen LogP contribution in [0, 0.1) is 6.92 Å². The molecule has 4 heteroatoms. The van der Waals surface area contributed by atoms with E-state index in [0.29, 0.717) is 13.0 Å². The molecule has 23 heavy (non-hydrogen) atoms. The first kappa shape index (κ1) is 15.0. The van der Waals surface area contributed by atoms with E-state index in [4.69, 9.17) is 0 Å². The van der Waals surface area contributed by atoms with Crippen LogP contribution < -0.4 is 5.32 Å². The van der Waals surface area contributed by atoms with Crippen molar-refractivity contribution in [1.29, 1.82) is 0 Å². The van der Waals surface area contributed by atoms with Gasteiger partial charge in [-0.05, 0) is 18.1 Å². The van der Waals surface area contributed by atoms with Crippen LogP contribution in [0.15, 0.2) is 67.0 Å². The molecule has 2 aromatic carbocycles. The average Bonchev–Trinajstić information content (AvgIpc) is 2.97. The summed E-state index contributed by atoms with van der Waals surface area (Å²) in [5.41, 5.74) is 4.14. The number of hydrogen-bond donors (Lipinski definition) is 1. The maximum atomic E-state index is 12.0. The summed E-state index contributed by atoms with van der Waals surface area (Å²) in [4.78, 5) is 12.0. The van der Waals surface area contributed by atoms with Crippen molar-refractivity contribution in [2.24, 2.45) is 0 Å². The number of carbonyl (C=O) groups excluding carboxylic acids is 1. The standard InChI is InChI=1S/C19H19N3O/c1-15-7-9-17(10-8-15)13-22-14-18(12-20-22)21-19(23)11-16-5-3-2-4-6-16/h2-10,12,14H,11,13H2,1H3,(H,21,23). The van der Waals surface area contributed by atoms with Crippen LogP contribution in [0.2, 0.25) is 0 Å². The van der Waals surface area contributed by atoms with Crippen LogP contribution in [0.3, 0.4) is 0 Å². The smallest absolute Gasteiger partial charge is 0.228 e. The fourth-order valence-corrected chi connectivity index (χ4v) is 2.38. The maximum Gasteiger partial charge on any atom is 0.228 e. The quantitative estimate of drug-likeness (QED) is 0.785. The summed E-state index contributed by atoms with van der Waals surface area (Å²) in [5.74, 6) is -0.0360. The summed E-state index contributed by atoms with van der Waals surface area (Å²) in [6.07, 6.45) is 3.89. The minimum atomic E-state index is -0.0360. The number of nitrogens with one attached hydrogen (secondary N) is 1. The monoisotopic (exact) mass is 305 g/mol. The fraction of sp³-hybridized carbons (Fsp3) is 0.158. The molecule has 0 aliphatic carbocycles. The predicted molar refractivity (Wildman–Crippen MR) is 91.3 cm³/mol. The van der Waals surface area contributed by atoms with E-state index in [0.717, 1.165) is 11.3 Å². The Hall–Kier alpha value is -2.88. The molecule has 0 saturated carbocycles. The third-order valence-corrected chi connectivity index (χ3v) is 3.59. The molecule has 4 nitrogen and oxygen atoms in total. The van der Waals surface area contributed by atoms with Crippen molar-refractivity contribution in [2.75, 3.05) is 5.32 Å². The Labute approximate surface area is 135 Å². The van der Waals surface area contributed by atoms with Gasteiger partial charge in [-0.15, -0.1) is 0 Å². The molecule has 0 spiro atoms. The van der Waals surface area contributed by atoms with E-state index in [9.17, 15) is 4.79 Å². The Morgan fingerprint density at radius 1 is 1.04 bits per heavy atom. The van der Waals surface area contributed by atoms with Gasteiger partial charge in [0.15, 0.2) is 0 Å². The molecular weight excluding hydrogens is 286 g/mol. The number of rotatable bonds is 5. The van der Waals surface area contributed by atoms with Crippen molar-refractivity contribution in [1.82, 2.24) is 9.78 Å². The zero-order chi connectivity index (χ0) is 16.1.